The summed E-state index contributed by atoms with van der Waals surface area (Å²) in [6.07, 6.45) is 0. The van der Waals surface area contributed by atoms with Gasteiger partial charge in [-0.2, -0.15) is 0 Å². The van der Waals surface area contributed by atoms with Crippen LogP contribution in [0.5, 0.6) is 0 Å². The Bertz CT molecular complexity index is 1240. The van der Waals surface area contributed by atoms with Crippen LogP contribution in [0.2, 0.25) is 38.5 Å². The third kappa shape index (κ3) is 0.0813. The third-order valence-electron chi connectivity index (χ3n) is 15.3. The molecule has 4 unspecified atom stereocenters. The normalized spacial score (nSPS) is 114. The Morgan fingerprint density at radius 2 is 1.00 bits per heavy atom. The molecule has 6 nitrogen and oxygen atoms in total. The topological polar surface area (TPSA) is 109 Å². The van der Waals surface area contributed by atoms with E-state index in [1.165, 1.54) is 0 Å². The Kier molecular flexibility index (Phi) is 0.270. The molecule has 19 heavy (non-hydrogen) atoms. The third-order valence-corrected chi connectivity index (χ3v) is 68.3. The average Bonchev–Trinajstić information content (AvgIpc) is 3.21. The van der Waals surface area contributed by atoms with Crippen LogP contribution in [0.1, 0.15) is 0 Å². The second-order valence-electron chi connectivity index (χ2n) is 10.6. The first-order chi connectivity index (χ1) is 8.44. The predicted molar refractivity (Wildman–Crippen MR) is 58.6 cm³/mol. The number of hydrogen-bond acceptors (Lipinski definition) is 4. The molecular formula is C10H10FeO6S2. The van der Waals surface area contributed by atoms with Crippen molar-refractivity contribution in [1.82, 2.24) is 0 Å². The Balaban J connectivity index is 1.78. The maximum absolute atomic E-state index is 12.3. The SMILES string of the molecule is O=S(=O)(O)[C]12[CH]3[CH]4[CH]5[C]1(S(=O)(=O)O)[Fe]43521678[CH]2[CH]1[CH]6[CH]7[CH]28. The summed E-state index contributed by atoms with van der Waals surface area (Å²) in [7, 11) is -8.73. The molecule has 10 rings (SSSR count). The molecule has 9 heteroatoms. The monoisotopic (exact) mass is 346 g/mol. The Morgan fingerprint density at radius 3 is 1.11 bits per heavy atom. The molecule has 10 saturated heterocycles. The predicted octanol–water partition coefficient (Wildman–Crippen LogP) is 0.967. The van der Waals surface area contributed by atoms with Crippen LogP contribution in [0, 0.1) is 0 Å². The molecule has 10 aliphatic rings. The number of fused-ring (bicyclic) bond motifs is 10. The molecule has 0 aliphatic carbocycles. The standard InChI is InChI=1S/C5H5O6S2.C5H5.Fe/c6-12(7,8)4-2-1-3-5(4)13(9,10)11;1-2-4-5-3-1;/h1-3H,(H,6,7,8)(H,9,10,11);1-5H;. The summed E-state index contributed by atoms with van der Waals surface area (Å²) in [5.74, 6) is 0. The van der Waals surface area contributed by atoms with E-state index >= 15 is 0 Å². The van der Waals surface area contributed by atoms with Gasteiger partial charge in [0.1, 0.15) is 0 Å². The summed E-state index contributed by atoms with van der Waals surface area (Å²) in [5.41, 5.74) is 0. The first kappa shape index (κ1) is 8.10. The Labute approximate surface area is 98.3 Å². The van der Waals surface area contributed by atoms with Gasteiger partial charge in [-0.15, -0.1) is 0 Å². The molecule has 0 aromatic carbocycles. The van der Waals surface area contributed by atoms with Gasteiger partial charge in [0, 0.05) is 0 Å². The fourth-order valence-corrected chi connectivity index (χ4v) is 117. The fraction of sp³-hybridized carbons (Fsp3) is 1.00. The van der Waals surface area contributed by atoms with Crippen LogP contribution in [-0.2, 0) is 26.7 Å². The molecule has 4 atom stereocenters. The van der Waals surface area contributed by atoms with E-state index in [2.05, 4.69) is 0 Å². The second kappa shape index (κ2) is 0.633. The van der Waals surface area contributed by atoms with Crippen LogP contribution in [0.4, 0.5) is 0 Å². The summed E-state index contributed by atoms with van der Waals surface area (Å²) in [6, 6.07) is 0. The van der Waals surface area contributed by atoms with Gasteiger partial charge in [-0.05, 0) is 0 Å². The molecule has 106 valence electrons. The fourth-order valence-electron chi connectivity index (χ4n) is 17.6. The van der Waals surface area contributed by atoms with Crippen molar-refractivity contribution >= 4 is 20.2 Å². The first-order valence-corrected chi connectivity index (χ1v) is 15.7. The van der Waals surface area contributed by atoms with Crippen LogP contribution >= 0.6 is 0 Å². The van der Waals surface area contributed by atoms with Crippen molar-refractivity contribution in [3.8, 4) is 0 Å². The van der Waals surface area contributed by atoms with Gasteiger partial charge in [0.2, 0.25) is 0 Å². The van der Waals surface area contributed by atoms with Gasteiger partial charge in [0.25, 0.3) is 0 Å². The van der Waals surface area contributed by atoms with E-state index in [9.17, 15) is 25.9 Å². The van der Waals surface area contributed by atoms with Crippen molar-refractivity contribution in [3.05, 3.63) is 0 Å². The van der Waals surface area contributed by atoms with Crippen LogP contribution in [0.15, 0.2) is 0 Å². The second-order valence-corrected chi connectivity index (χ2v) is 37.6. The van der Waals surface area contributed by atoms with Crippen molar-refractivity contribution < 1.29 is 32.5 Å². The van der Waals surface area contributed by atoms with Crippen LogP contribution in [-0.4, -0.2) is 33.2 Å². The van der Waals surface area contributed by atoms with Gasteiger partial charge >= 0.3 is 98.5 Å². The van der Waals surface area contributed by atoms with Crippen molar-refractivity contribution in [2.45, 2.75) is 45.8 Å². The molecule has 0 bridgehead atoms. The molecular weight excluding hydrogens is 336 g/mol. The summed E-state index contributed by atoms with van der Waals surface area (Å²) in [5, 5.41) is 0. The van der Waals surface area contributed by atoms with E-state index in [1.54, 1.807) is 0 Å². The minimum absolute atomic E-state index is 0.0541. The van der Waals surface area contributed by atoms with E-state index in [1.807, 2.05) is 0 Å². The van der Waals surface area contributed by atoms with Gasteiger partial charge < -0.3 is 0 Å². The molecule has 2 N–H and O–H groups in total. The zero-order chi connectivity index (χ0) is 12.9. The van der Waals surface area contributed by atoms with Crippen LogP contribution in [0.3, 0.4) is 0 Å². The molecule has 0 saturated carbocycles. The number of hydrogen-bond donors (Lipinski definition) is 2. The van der Waals surface area contributed by atoms with Crippen LogP contribution < -0.4 is 0 Å². The van der Waals surface area contributed by atoms with E-state index < -0.39 is 34.0 Å². The van der Waals surface area contributed by atoms with Gasteiger partial charge in [-0.3, -0.25) is 0 Å². The van der Waals surface area contributed by atoms with Crippen LogP contribution in [0.25, 0.3) is 0 Å². The molecule has 1 spiro atoms. The van der Waals surface area contributed by atoms with Crippen molar-refractivity contribution in [2.75, 3.05) is 0 Å². The minimum atomic E-state index is -4.77. The molecule has 10 fully saturated rings. The average molecular weight is 346 g/mol. The van der Waals surface area contributed by atoms with Gasteiger partial charge in [-0.1, -0.05) is 0 Å². The molecule has 10 heterocycles. The van der Waals surface area contributed by atoms with Gasteiger partial charge in [0.15, 0.2) is 0 Å². The Morgan fingerprint density at radius 1 is 0.684 bits per heavy atom. The summed E-state index contributed by atoms with van der Waals surface area (Å²) >= 11 is 0. The Hall–Kier alpha value is 0.339. The zero-order valence-electron chi connectivity index (χ0n) is 9.32. The van der Waals surface area contributed by atoms with Crippen molar-refractivity contribution in [2.24, 2.45) is 0 Å². The summed E-state index contributed by atoms with van der Waals surface area (Å²) in [6.45, 7) is -4.77. The first-order valence-electron chi connectivity index (χ1n) is 6.59. The van der Waals surface area contributed by atoms with E-state index in [-0.39, 0.29) is 9.63 Å². The summed E-state index contributed by atoms with van der Waals surface area (Å²) < 4.78 is 66.4. The van der Waals surface area contributed by atoms with Crippen molar-refractivity contribution in [1.29, 1.82) is 0 Å². The zero-order valence-corrected chi connectivity index (χ0v) is 12.1. The van der Waals surface area contributed by atoms with E-state index in [4.69, 9.17) is 0 Å². The maximum atomic E-state index is 12.3. The van der Waals surface area contributed by atoms with E-state index in [0.717, 1.165) is 0 Å². The number of rotatable bonds is 2. The molecule has 0 aromatic rings. The summed E-state index contributed by atoms with van der Waals surface area (Å²) in [4.78, 5) is 2.40. The van der Waals surface area contributed by atoms with Gasteiger partial charge in [-0.25, -0.2) is 0 Å². The van der Waals surface area contributed by atoms with E-state index in [0.29, 0.717) is 28.9 Å². The molecule has 10 aliphatic heterocycles. The van der Waals surface area contributed by atoms with Crippen molar-refractivity contribution in [3.63, 3.8) is 0 Å². The molecule has 0 amide bonds. The molecule has 0 aromatic heterocycles. The molecule has 0 radical (unpaired) electrons. The quantitative estimate of drug-likeness (QED) is 0.570. The van der Waals surface area contributed by atoms with Gasteiger partial charge in [0.05, 0.1) is 0 Å².